The summed E-state index contributed by atoms with van der Waals surface area (Å²) < 4.78 is 0.767. The molecule has 0 bridgehead atoms. The van der Waals surface area contributed by atoms with Crippen LogP contribution in [0.1, 0.15) is 30.1 Å². The van der Waals surface area contributed by atoms with Crippen molar-refractivity contribution < 1.29 is 9.90 Å². The number of aromatic amines is 1. The molecular formula is C12H16BrN5O2. The van der Waals surface area contributed by atoms with Crippen LogP contribution in [0.2, 0.25) is 0 Å². The Kier molecular flexibility index (Phi) is 4.43. The first kappa shape index (κ1) is 14.6. The molecule has 1 fully saturated rings. The van der Waals surface area contributed by atoms with Gasteiger partial charge in [0, 0.05) is 29.2 Å². The van der Waals surface area contributed by atoms with Crippen molar-refractivity contribution in [1.29, 1.82) is 5.41 Å². The fourth-order valence-electron chi connectivity index (χ4n) is 2.36. The van der Waals surface area contributed by atoms with Gasteiger partial charge in [0.1, 0.15) is 0 Å². The van der Waals surface area contributed by atoms with E-state index in [-0.39, 0.29) is 11.8 Å². The molecule has 0 unspecified atom stereocenters. The molecule has 5 N–H and O–H groups in total. The number of carbonyl (C=O) groups is 1. The van der Waals surface area contributed by atoms with Gasteiger partial charge < -0.3 is 20.7 Å². The normalized spacial score (nSPS) is 16.8. The summed E-state index contributed by atoms with van der Waals surface area (Å²) in [7, 11) is 0. The molecule has 1 aromatic rings. The third kappa shape index (κ3) is 3.01. The van der Waals surface area contributed by atoms with E-state index >= 15 is 0 Å². The number of nitrogens with two attached hydrogens (primary N) is 1. The third-order valence-electron chi connectivity index (χ3n) is 3.44. The van der Waals surface area contributed by atoms with Crippen molar-refractivity contribution in [2.75, 3.05) is 13.1 Å². The van der Waals surface area contributed by atoms with Crippen molar-refractivity contribution in [3.8, 4) is 0 Å². The predicted molar refractivity (Wildman–Crippen MR) is 79.6 cm³/mol. The van der Waals surface area contributed by atoms with Gasteiger partial charge in [0.2, 0.25) is 0 Å². The highest BCUT2D eigenvalue weighted by atomic mass is 79.9. The van der Waals surface area contributed by atoms with E-state index in [2.05, 4.69) is 25.9 Å². The highest BCUT2D eigenvalue weighted by molar-refractivity contribution is 9.10. The Bertz CT molecular complexity index is 546. The molecule has 1 saturated heterocycles. The minimum atomic E-state index is -0.865. The predicted octanol–water partition coefficient (Wildman–Crippen LogP) is 1.95. The number of nitrogens with one attached hydrogen (secondary N) is 2. The van der Waals surface area contributed by atoms with E-state index in [0.717, 1.165) is 29.3 Å². The van der Waals surface area contributed by atoms with Gasteiger partial charge in [0.25, 0.3) is 0 Å². The van der Waals surface area contributed by atoms with Crippen LogP contribution >= 0.6 is 15.9 Å². The number of aromatic nitrogens is 1. The molecule has 0 saturated carbocycles. The second-order valence-corrected chi connectivity index (χ2v) is 5.47. The summed E-state index contributed by atoms with van der Waals surface area (Å²) in [6, 6.07) is 1.93. The number of piperidine rings is 1. The average Bonchev–Trinajstić information content (AvgIpc) is 2.81. The molecule has 1 aliphatic heterocycles. The molecule has 1 amide bonds. The molecule has 20 heavy (non-hydrogen) atoms. The first-order valence-corrected chi connectivity index (χ1v) is 7.01. The highest BCUT2D eigenvalue weighted by Crippen LogP contribution is 2.31. The fourth-order valence-corrected chi connectivity index (χ4v) is 2.90. The summed E-state index contributed by atoms with van der Waals surface area (Å²) in [6.45, 7) is 1.06. The van der Waals surface area contributed by atoms with E-state index < -0.39 is 6.09 Å². The maximum absolute atomic E-state index is 10.9. The Hall–Kier alpha value is -1.83. The number of hydrogen-bond donors (Lipinski definition) is 4. The number of carboxylic acid groups (broad SMARTS) is 1. The topological polar surface area (TPSA) is 119 Å². The van der Waals surface area contributed by atoms with Gasteiger partial charge in [-0.1, -0.05) is 0 Å². The molecule has 0 atom stereocenters. The molecule has 0 aromatic carbocycles. The minimum Gasteiger partial charge on any atom is -0.465 e. The Morgan fingerprint density at radius 3 is 2.80 bits per heavy atom. The molecule has 2 heterocycles. The average molecular weight is 342 g/mol. The number of amidine groups is 1. The molecule has 2 rings (SSSR count). The number of amides is 1. The van der Waals surface area contributed by atoms with Gasteiger partial charge in [-0.3, -0.25) is 5.41 Å². The van der Waals surface area contributed by atoms with Gasteiger partial charge in [0.15, 0.2) is 5.84 Å². The fraction of sp³-hybridized carbons (Fsp3) is 0.417. The number of aliphatic imine (C=N–C) groups is 1. The van der Waals surface area contributed by atoms with Crippen LogP contribution < -0.4 is 5.73 Å². The van der Waals surface area contributed by atoms with E-state index in [4.69, 9.17) is 16.2 Å². The number of H-pyrrole nitrogens is 1. The lowest BCUT2D eigenvalue weighted by molar-refractivity contribution is 0.132. The van der Waals surface area contributed by atoms with Gasteiger partial charge >= 0.3 is 6.09 Å². The zero-order valence-corrected chi connectivity index (χ0v) is 12.4. The molecule has 7 nitrogen and oxygen atoms in total. The smallest absolute Gasteiger partial charge is 0.407 e. The van der Waals surface area contributed by atoms with Gasteiger partial charge in [-0.25, -0.2) is 9.79 Å². The maximum Gasteiger partial charge on any atom is 0.407 e. The van der Waals surface area contributed by atoms with Gasteiger partial charge in [0.05, 0.1) is 12.0 Å². The lowest BCUT2D eigenvalue weighted by Crippen LogP contribution is -2.36. The summed E-state index contributed by atoms with van der Waals surface area (Å²) in [4.78, 5) is 19.2. The third-order valence-corrected chi connectivity index (χ3v) is 4.06. The summed E-state index contributed by atoms with van der Waals surface area (Å²) in [6.07, 6.45) is 1.76. The number of likely N-dealkylation sites (tertiary alicyclic amines) is 1. The lowest BCUT2D eigenvalue weighted by atomic mass is 9.94. The molecular weight excluding hydrogens is 326 g/mol. The van der Waals surface area contributed by atoms with E-state index in [1.807, 2.05) is 6.07 Å². The van der Waals surface area contributed by atoms with Crippen LogP contribution in [0.3, 0.4) is 0 Å². The Morgan fingerprint density at radius 1 is 1.60 bits per heavy atom. The van der Waals surface area contributed by atoms with Crippen molar-refractivity contribution in [2.45, 2.75) is 18.8 Å². The minimum absolute atomic E-state index is 0.0635. The molecule has 0 aliphatic carbocycles. The molecule has 108 valence electrons. The maximum atomic E-state index is 10.9. The summed E-state index contributed by atoms with van der Waals surface area (Å²) in [5.74, 6) is 0.332. The van der Waals surface area contributed by atoms with E-state index in [1.54, 1.807) is 0 Å². The number of rotatable bonds is 2. The monoisotopic (exact) mass is 341 g/mol. The summed E-state index contributed by atoms with van der Waals surface area (Å²) in [5, 5.41) is 16.7. The van der Waals surface area contributed by atoms with Crippen LogP contribution in [0.25, 0.3) is 0 Å². The molecule has 1 aliphatic rings. The van der Waals surface area contributed by atoms with Crippen molar-refractivity contribution in [3.63, 3.8) is 0 Å². The van der Waals surface area contributed by atoms with Crippen LogP contribution in [0.5, 0.6) is 0 Å². The van der Waals surface area contributed by atoms with Gasteiger partial charge in [-0.05, 0) is 34.8 Å². The Balaban J connectivity index is 2.10. The standard InChI is InChI=1S/C12H16BrN5O2/c13-8-5-9(17-10(8)11(15)16-6-14)7-1-3-18(4-2-7)12(19)20/h5-7,17H,1-4H2,(H,19,20)(H3,14,15,16). The van der Waals surface area contributed by atoms with Crippen LogP contribution in [0.4, 0.5) is 4.79 Å². The number of nitrogens with zero attached hydrogens (tertiary/aromatic N) is 2. The Labute approximate surface area is 124 Å². The van der Waals surface area contributed by atoms with Crippen molar-refractivity contribution in [3.05, 3.63) is 21.9 Å². The van der Waals surface area contributed by atoms with Crippen molar-refractivity contribution in [1.82, 2.24) is 9.88 Å². The van der Waals surface area contributed by atoms with E-state index in [1.165, 1.54) is 4.90 Å². The zero-order chi connectivity index (χ0) is 14.7. The quantitative estimate of drug-likeness (QED) is 0.486. The molecule has 1 aromatic heterocycles. The second-order valence-electron chi connectivity index (χ2n) is 4.62. The van der Waals surface area contributed by atoms with Crippen LogP contribution in [-0.2, 0) is 0 Å². The first-order chi connectivity index (χ1) is 9.52. The Morgan fingerprint density at radius 2 is 2.25 bits per heavy atom. The van der Waals surface area contributed by atoms with Crippen molar-refractivity contribution >= 4 is 34.2 Å². The second kappa shape index (κ2) is 6.08. The molecule has 0 spiro atoms. The van der Waals surface area contributed by atoms with E-state index in [0.29, 0.717) is 18.8 Å². The van der Waals surface area contributed by atoms with Crippen LogP contribution in [0, 0.1) is 5.41 Å². The largest absolute Gasteiger partial charge is 0.465 e. The highest BCUT2D eigenvalue weighted by Gasteiger charge is 2.25. The van der Waals surface area contributed by atoms with Gasteiger partial charge in [-0.15, -0.1) is 0 Å². The van der Waals surface area contributed by atoms with Crippen molar-refractivity contribution in [2.24, 2.45) is 10.7 Å². The number of hydrogen-bond acceptors (Lipinski definition) is 2. The summed E-state index contributed by atoms with van der Waals surface area (Å²) in [5.41, 5.74) is 6.77. The van der Waals surface area contributed by atoms with Crippen LogP contribution in [0.15, 0.2) is 15.5 Å². The first-order valence-electron chi connectivity index (χ1n) is 6.22. The van der Waals surface area contributed by atoms with E-state index in [9.17, 15) is 4.79 Å². The number of halogens is 1. The molecule has 0 radical (unpaired) electrons. The summed E-state index contributed by atoms with van der Waals surface area (Å²) >= 11 is 3.40. The van der Waals surface area contributed by atoms with Crippen LogP contribution in [-0.4, -0.2) is 46.3 Å². The SMILES string of the molecule is N=C(N=CN)c1[nH]c(C2CCN(C(=O)O)CC2)cc1Br. The molecule has 8 heteroatoms. The lowest BCUT2D eigenvalue weighted by Gasteiger charge is -2.29. The zero-order valence-electron chi connectivity index (χ0n) is 10.8. The van der Waals surface area contributed by atoms with Gasteiger partial charge in [-0.2, -0.15) is 0 Å².